The first-order valence-electron chi connectivity index (χ1n) is 7.97. The monoisotopic (exact) mass is 365 g/mol. The molecule has 2 aromatic rings. The van der Waals surface area contributed by atoms with Gasteiger partial charge in [0.25, 0.3) is 0 Å². The van der Waals surface area contributed by atoms with Gasteiger partial charge in [-0.3, -0.25) is 4.79 Å². The number of nitrogens with one attached hydrogen (secondary N) is 1. The van der Waals surface area contributed by atoms with E-state index in [0.717, 1.165) is 5.56 Å². The number of benzene rings is 2. The second kappa shape index (κ2) is 9.39. The molecule has 0 bridgehead atoms. The first-order valence-corrected chi connectivity index (χ1v) is 8.34. The molecule has 0 saturated carbocycles. The van der Waals surface area contributed by atoms with Crippen LogP contribution in [-0.2, 0) is 9.53 Å². The van der Waals surface area contributed by atoms with E-state index in [4.69, 9.17) is 21.1 Å². The van der Waals surface area contributed by atoms with Gasteiger partial charge in [-0.1, -0.05) is 36.7 Å². The molecule has 2 aromatic carbocycles. The lowest BCUT2D eigenvalue weighted by atomic mass is 9.97. The molecule has 2 rings (SSSR count). The largest absolute Gasteiger partial charge is 0.487 e. The fraction of sp³-hybridized carbons (Fsp3) is 0.316. The van der Waals surface area contributed by atoms with Crippen LogP contribution in [0.15, 0.2) is 42.5 Å². The minimum absolute atomic E-state index is 0.0438. The fourth-order valence-corrected chi connectivity index (χ4v) is 2.60. The average molecular weight is 366 g/mol. The number of methoxy groups -OCH3 is 1. The van der Waals surface area contributed by atoms with Gasteiger partial charge >= 0.3 is 0 Å². The number of hydrogen-bond donors (Lipinski definition) is 1. The molecule has 134 valence electrons. The molecule has 0 aliphatic heterocycles. The van der Waals surface area contributed by atoms with Gasteiger partial charge in [0.05, 0.1) is 17.3 Å². The van der Waals surface area contributed by atoms with Crippen LogP contribution in [0.25, 0.3) is 0 Å². The second-order valence-electron chi connectivity index (χ2n) is 5.66. The van der Waals surface area contributed by atoms with Crippen LogP contribution < -0.4 is 10.1 Å². The Morgan fingerprint density at radius 1 is 1.20 bits per heavy atom. The zero-order valence-corrected chi connectivity index (χ0v) is 15.0. The maximum absolute atomic E-state index is 13.0. The van der Waals surface area contributed by atoms with Crippen molar-refractivity contribution in [2.75, 3.05) is 25.6 Å². The van der Waals surface area contributed by atoms with E-state index in [9.17, 15) is 9.18 Å². The van der Waals surface area contributed by atoms with Gasteiger partial charge in [-0.15, -0.1) is 0 Å². The summed E-state index contributed by atoms with van der Waals surface area (Å²) in [6.45, 7) is 2.66. The van der Waals surface area contributed by atoms with Crippen LogP contribution in [-0.4, -0.2) is 26.2 Å². The standard InChI is InChI=1S/C19H21ClFNO3/c1-13(14-6-8-15(21)9-7-14)12-18(23)22-17-5-3-4-16(20)19(17)25-11-10-24-2/h3-9,13H,10-12H2,1-2H3,(H,22,23). The molecule has 0 aromatic heterocycles. The van der Waals surface area contributed by atoms with E-state index in [1.807, 2.05) is 6.92 Å². The quantitative estimate of drug-likeness (QED) is 0.693. The smallest absolute Gasteiger partial charge is 0.225 e. The van der Waals surface area contributed by atoms with Crippen LogP contribution in [0.4, 0.5) is 10.1 Å². The molecule has 1 N–H and O–H groups in total. The average Bonchev–Trinajstić information content (AvgIpc) is 2.58. The maximum Gasteiger partial charge on any atom is 0.225 e. The Bertz CT molecular complexity index is 706. The van der Waals surface area contributed by atoms with Crippen LogP contribution in [0.3, 0.4) is 0 Å². The van der Waals surface area contributed by atoms with Crippen LogP contribution in [0, 0.1) is 5.82 Å². The molecular formula is C19H21ClFNO3. The van der Waals surface area contributed by atoms with Gasteiger partial charge < -0.3 is 14.8 Å². The van der Waals surface area contributed by atoms with Crippen molar-refractivity contribution in [3.8, 4) is 5.75 Å². The van der Waals surface area contributed by atoms with Crippen molar-refractivity contribution in [2.45, 2.75) is 19.3 Å². The highest BCUT2D eigenvalue weighted by Gasteiger charge is 2.15. The van der Waals surface area contributed by atoms with Crippen molar-refractivity contribution in [2.24, 2.45) is 0 Å². The Morgan fingerprint density at radius 2 is 1.92 bits per heavy atom. The Morgan fingerprint density at radius 3 is 2.60 bits per heavy atom. The molecule has 0 radical (unpaired) electrons. The van der Waals surface area contributed by atoms with Gasteiger partial charge in [-0.25, -0.2) is 4.39 Å². The number of carbonyl (C=O) groups excluding carboxylic acids is 1. The first-order chi connectivity index (χ1) is 12.0. The molecule has 6 heteroatoms. The predicted molar refractivity (Wildman–Crippen MR) is 96.9 cm³/mol. The Kier molecular flexibility index (Phi) is 7.22. The summed E-state index contributed by atoms with van der Waals surface area (Å²) in [4.78, 5) is 12.3. The maximum atomic E-state index is 13.0. The number of anilines is 1. The summed E-state index contributed by atoms with van der Waals surface area (Å²) in [5.74, 6) is -0.0884. The topological polar surface area (TPSA) is 47.6 Å². The molecule has 0 spiro atoms. The molecule has 0 aliphatic rings. The number of ether oxygens (including phenoxy) is 2. The third-order valence-electron chi connectivity index (χ3n) is 3.71. The van der Waals surface area contributed by atoms with Crippen molar-refractivity contribution in [1.29, 1.82) is 0 Å². The highest BCUT2D eigenvalue weighted by Crippen LogP contribution is 2.33. The SMILES string of the molecule is COCCOc1c(Cl)cccc1NC(=O)CC(C)c1ccc(F)cc1. The number of para-hydroxylation sites is 1. The molecule has 0 heterocycles. The number of rotatable bonds is 8. The highest BCUT2D eigenvalue weighted by molar-refractivity contribution is 6.32. The number of hydrogen-bond acceptors (Lipinski definition) is 3. The van der Waals surface area contributed by atoms with Crippen molar-refractivity contribution in [1.82, 2.24) is 0 Å². The van der Waals surface area contributed by atoms with E-state index in [1.54, 1.807) is 37.4 Å². The lowest BCUT2D eigenvalue weighted by Gasteiger charge is -2.15. The van der Waals surface area contributed by atoms with Gasteiger partial charge in [0, 0.05) is 13.5 Å². The molecule has 0 saturated heterocycles. The zero-order valence-electron chi connectivity index (χ0n) is 14.2. The Labute approximate surface area is 151 Å². The van der Waals surface area contributed by atoms with Gasteiger partial charge in [-0.05, 0) is 35.7 Å². The minimum Gasteiger partial charge on any atom is -0.487 e. The molecule has 0 fully saturated rings. The predicted octanol–water partition coefficient (Wildman–Crippen LogP) is 4.64. The summed E-state index contributed by atoms with van der Waals surface area (Å²) >= 11 is 6.16. The van der Waals surface area contributed by atoms with E-state index in [-0.39, 0.29) is 24.1 Å². The van der Waals surface area contributed by atoms with E-state index >= 15 is 0 Å². The van der Waals surface area contributed by atoms with Crippen LogP contribution in [0.2, 0.25) is 5.02 Å². The zero-order chi connectivity index (χ0) is 18.2. The fourth-order valence-electron chi connectivity index (χ4n) is 2.37. The van der Waals surface area contributed by atoms with Gasteiger partial charge in [0.2, 0.25) is 5.91 Å². The minimum atomic E-state index is -0.294. The molecule has 1 atom stereocenters. The van der Waals surface area contributed by atoms with Gasteiger partial charge in [0.1, 0.15) is 12.4 Å². The number of halogens is 2. The Hall–Kier alpha value is -2.11. The summed E-state index contributed by atoms with van der Waals surface area (Å²) in [6, 6.07) is 11.3. The highest BCUT2D eigenvalue weighted by atomic mass is 35.5. The van der Waals surface area contributed by atoms with Crippen LogP contribution >= 0.6 is 11.6 Å². The van der Waals surface area contributed by atoms with Crippen molar-refractivity contribution in [3.05, 3.63) is 58.9 Å². The summed E-state index contributed by atoms with van der Waals surface area (Å²) in [6.07, 6.45) is 0.260. The van der Waals surface area contributed by atoms with Gasteiger partial charge in [-0.2, -0.15) is 0 Å². The van der Waals surface area contributed by atoms with Gasteiger partial charge in [0.15, 0.2) is 5.75 Å². The second-order valence-corrected chi connectivity index (χ2v) is 6.07. The summed E-state index contributed by atoms with van der Waals surface area (Å²) in [5, 5.41) is 3.24. The van der Waals surface area contributed by atoms with Crippen molar-refractivity contribution in [3.63, 3.8) is 0 Å². The summed E-state index contributed by atoms with van der Waals surface area (Å²) in [5.41, 5.74) is 1.42. The van der Waals surface area contributed by atoms with Crippen molar-refractivity contribution < 1.29 is 18.7 Å². The molecule has 1 unspecified atom stereocenters. The number of carbonyl (C=O) groups is 1. The lowest BCUT2D eigenvalue weighted by molar-refractivity contribution is -0.116. The normalized spacial score (nSPS) is 11.8. The molecular weight excluding hydrogens is 345 g/mol. The van der Waals surface area contributed by atoms with E-state index in [2.05, 4.69) is 5.32 Å². The molecule has 4 nitrogen and oxygen atoms in total. The third kappa shape index (κ3) is 5.73. The first kappa shape index (κ1) is 19.2. The van der Waals surface area contributed by atoms with Crippen molar-refractivity contribution >= 4 is 23.2 Å². The summed E-state index contributed by atoms with van der Waals surface area (Å²) < 4.78 is 23.5. The molecule has 0 aliphatic carbocycles. The van der Waals surface area contributed by atoms with E-state index in [1.165, 1.54) is 12.1 Å². The number of amides is 1. The van der Waals surface area contributed by atoms with E-state index in [0.29, 0.717) is 29.7 Å². The van der Waals surface area contributed by atoms with E-state index < -0.39 is 0 Å². The third-order valence-corrected chi connectivity index (χ3v) is 4.00. The summed E-state index contributed by atoms with van der Waals surface area (Å²) in [7, 11) is 1.58. The van der Waals surface area contributed by atoms with Crippen LogP contribution in [0.5, 0.6) is 5.75 Å². The lowest BCUT2D eigenvalue weighted by Crippen LogP contribution is -2.16. The van der Waals surface area contributed by atoms with Crippen LogP contribution in [0.1, 0.15) is 24.8 Å². The molecule has 25 heavy (non-hydrogen) atoms. The molecule has 1 amide bonds. The Balaban J connectivity index is 2.02.